The van der Waals surface area contributed by atoms with Gasteiger partial charge in [0.15, 0.2) is 0 Å². The molecule has 15 heavy (non-hydrogen) atoms. The fourth-order valence-corrected chi connectivity index (χ4v) is 3.85. The summed E-state index contributed by atoms with van der Waals surface area (Å²) in [4.78, 5) is 6.06. The Bertz CT molecular complexity index is 381. The Kier molecular flexibility index (Phi) is 1.85. The average molecular weight is 222 g/mol. The van der Waals surface area contributed by atoms with Gasteiger partial charge in [-0.1, -0.05) is 0 Å². The lowest BCUT2D eigenvalue weighted by Gasteiger charge is -2.30. The first-order valence-electron chi connectivity index (χ1n) is 5.77. The molecule has 0 aromatic carbocycles. The second-order valence-corrected chi connectivity index (χ2v) is 6.50. The summed E-state index contributed by atoms with van der Waals surface area (Å²) < 4.78 is 0. The van der Waals surface area contributed by atoms with Crippen LogP contribution in [0.15, 0.2) is 5.51 Å². The first-order valence-corrected chi connectivity index (χ1v) is 6.65. The standard InChI is InChI=1S/C12H18N2S/c1-11(2,13)12(5-6-12)10-9(8-3-4-8)14-7-15-10/h7-8H,3-6,13H2,1-2H3. The van der Waals surface area contributed by atoms with Gasteiger partial charge in [0.2, 0.25) is 0 Å². The molecule has 2 fully saturated rings. The summed E-state index contributed by atoms with van der Waals surface area (Å²) in [6.45, 7) is 4.33. The molecule has 2 saturated carbocycles. The molecule has 0 aliphatic heterocycles. The van der Waals surface area contributed by atoms with Gasteiger partial charge >= 0.3 is 0 Å². The smallest absolute Gasteiger partial charge is 0.0798 e. The van der Waals surface area contributed by atoms with Crippen molar-refractivity contribution < 1.29 is 0 Å². The lowest BCUT2D eigenvalue weighted by Crippen LogP contribution is -2.45. The third kappa shape index (κ3) is 1.36. The number of hydrogen-bond donors (Lipinski definition) is 1. The van der Waals surface area contributed by atoms with Crippen molar-refractivity contribution in [3.05, 3.63) is 16.1 Å². The van der Waals surface area contributed by atoms with E-state index >= 15 is 0 Å². The molecule has 0 atom stereocenters. The second-order valence-electron chi connectivity index (χ2n) is 5.64. The summed E-state index contributed by atoms with van der Waals surface area (Å²) in [5.74, 6) is 0.756. The molecule has 0 unspecified atom stereocenters. The zero-order valence-electron chi connectivity index (χ0n) is 9.42. The summed E-state index contributed by atoms with van der Waals surface area (Å²) in [5.41, 5.74) is 9.88. The van der Waals surface area contributed by atoms with Gasteiger partial charge in [0.25, 0.3) is 0 Å². The van der Waals surface area contributed by atoms with E-state index in [0.29, 0.717) is 0 Å². The van der Waals surface area contributed by atoms with Crippen LogP contribution in [-0.4, -0.2) is 10.5 Å². The van der Waals surface area contributed by atoms with E-state index in [9.17, 15) is 0 Å². The van der Waals surface area contributed by atoms with Crippen LogP contribution >= 0.6 is 11.3 Å². The van der Waals surface area contributed by atoms with E-state index in [1.165, 1.54) is 36.3 Å². The monoisotopic (exact) mass is 222 g/mol. The van der Waals surface area contributed by atoms with Gasteiger partial charge in [-0.05, 0) is 39.5 Å². The predicted octanol–water partition coefficient (Wildman–Crippen LogP) is 2.79. The molecule has 2 aliphatic rings. The highest BCUT2D eigenvalue weighted by Gasteiger charge is 2.56. The Morgan fingerprint density at radius 1 is 1.47 bits per heavy atom. The van der Waals surface area contributed by atoms with E-state index in [4.69, 9.17) is 5.73 Å². The average Bonchev–Trinajstić information content (AvgIpc) is 3.04. The van der Waals surface area contributed by atoms with Crippen molar-refractivity contribution in [2.24, 2.45) is 5.73 Å². The molecule has 0 bridgehead atoms. The van der Waals surface area contributed by atoms with E-state index in [-0.39, 0.29) is 11.0 Å². The number of hydrogen-bond acceptors (Lipinski definition) is 3. The molecule has 1 aromatic heterocycles. The van der Waals surface area contributed by atoms with Gasteiger partial charge in [-0.3, -0.25) is 0 Å². The molecule has 0 amide bonds. The molecule has 0 radical (unpaired) electrons. The molecule has 82 valence electrons. The van der Waals surface area contributed by atoms with Gasteiger partial charge in [0.1, 0.15) is 0 Å². The molecular formula is C12H18N2S. The van der Waals surface area contributed by atoms with Gasteiger partial charge in [-0.2, -0.15) is 0 Å². The molecule has 1 aromatic rings. The van der Waals surface area contributed by atoms with E-state index in [1.54, 1.807) is 0 Å². The Morgan fingerprint density at radius 3 is 2.60 bits per heavy atom. The summed E-state index contributed by atoms with van der Waals surface area (Å²) in [5, 5.41) is 0. The number of thiazole rings is 1. The SMILES string of the molecule is CC(C)(N)C1(c2scnc2C2CC2)CC1. The molecule has 3 rings (SSSR count). The van der Waals surface area contributed by atoms with Crippen LogP contribution in [0.3, 0.4) is 0 Å². The highest BCUT2D eigenvalue weighted by Crippen LogP contribution is 2.59. The zero-order valence-corrected chi connectivity index (χ0v) is 10.2. The van der Waals surface area contributed by atoms with Gasteiger partial charge < -0.3 is 5.73 Å². The predicted molar refractivity (Wildman–Crippen MR) is 63.3 cm³/mol. The van der Waals surface area contributed by atoms with Gasteiger partial charge in [-0.25, -0.2) is 4.98 Å². The molecule has 1 heterocycles. The Labute approximate surface area is 94.9 Å². The first kappa shape index (κ1) is 9.79. The van der Waals surface area contributed by atoms with Crippen LogP contribution in [0.4, 0.5) is 0 Å². The van der Waals surface area contributed by atoms with Crippen molar-refractivity contribution in [1.82, 2.24) is 4.98 Å². The highest BCUT2D eigenvalue weighted by atomic mass is 32.1. The minimum Gasteiger partial charge on any atom is -0.325 e. The van der Waals surface area contributed by atoms with Crippen LogP contribution in [0, 0.1) is 0 Å². The van der Waals surface area contributed by atoms with Crippen LogP contribution < -0.4 is 5.73 Å². The summed E-state index contributed by atoms with van der Waals surface area (Å²) in [6.07, 6.45) is 5.16. The van der Waals surface area contributed by atoms with Crippen molar-refractivity contribution >= 4 is 11.3 Å². The lowest BCUT2D eigenvalue weighted by atomic mass is 9.82. The minimum absolute atomic E-state index is 0.0941. The minimum atomic E-state index is -0.0941. The van der Waals surface area contributed by atoms with Crippen molar-refractivity contribution in [3.63, 3.8) is 0 Å². The van der Waals surface area contributed by atoms with E-state index in [0.717, 1.165) is 5.92 Å². The van der Waals surface area contributed by atoms with Crippen molar-refractivity contribution in [2.75, 3.05) is 0 Å². The van der Waals surface area contributed by atoms with E-state index < -0.39 is 0 Å². The molecule has 2 nitrogen and oxygen atoms in total. The van der Waals surface area contributed by atoms with Crippen molar-refractivity contribution in [3.8, 4) is 0 Å². The van der Waals surface area contributed by atoms with E-state index in [1.807, 2.05) is 16.8 Å². The Balaban J connectivity index is 2.02. The number of aromatic nitrogens is 1. The quantitative estimate of drug-likeness (QED) is 0.854. The van der Waals surface area contributed by atoms with Crippen LogP contribution in [0.2, 0.25) is 0 Å². The third-order valence-electron chi connectivity index (χ3n) is 3.98. The van der Waals surface area contributed by atoms with Gasteiger partial charge in [0, 0.05) is 21.7 Å². The largest absolute Gasteiger partial charge is 0.325 e. The van der Waals surface area contributed by atoms with Gasteiger partial charge in [-0.15, -0.1) is 11.3 Å². The maximum Gasteiger partial charge on any atom is 0.0798 e. The van der Waals surface area contributed by atoms with Gasteiger partial charge in [0.05, 0.1) is 11.2 Å². The molecule has 0 spiro atoms. The number of nitrogens with two attached hydrogens (primary N) is 1. The number of rotatable bonds is 3. The maximum absolute atomic E-state index is 6.34. The molecular weight excluding hydrogens is 204 g/mol. The molecule has 2 N–H and O–H groups in total. The maximum atomic E-state index is 6.34. The third-order valence-corrected chi connectivity index (χ3v) is 5.02. The number of nitrogens with zero attached hydrogens (tertiary/aromatic N) is 1. The van der Waals surface area contributed by atoms with Crippen LogP contribution in [-0.2, 0) is 5.41 Å². The van der Waals surface area contributed by atoms with E-state index in [2.05, 4.69) is 18.8 Å². The first-order chi connectivity index (χ1) is 7.05. The van der Waals surface area contributed by atoms with Crippen LogP contribution in [0.25, 0.3) is 0 Å². The summed E-state index contributed by atoms with van der Waals surface area (Å²) in [7, 11) is 0. The Morgan fingerprint density at radius 2 is 2.13 bits per heavy atom. The Hall–Kier alpha value is -0.410. The zero-order chi connectivity index (χ0) is 10.7. The molecule has 0 saturated heterocycles. The highest BCUT2D eigenvalue weighted by molar-refractivity contribution is 7.10. The second kappa shape index (κ2) is 2.83. The van der Waals surface area contributed by atoms with Crippen LogP contribution in [0.5, 0.6) is 0 Å². The van der Waals surface area contributed by atoms with Crippen molar-refractivity contribution in [1.29, 1.82) is 0 Å². The topological polar surface area (TPSA) is 38.9 Å². The normalized spacial score (nSPS) is 24.2. The molecule has 2 aliphatic carbocycles. The van der Waals surface area contributed by atoms with Crippen molar-refractivity contribution in [2.45, 2.75) is 56.4 Å². The molecule has 3 heteroatoms. The lowest BCUT2D eigenvalue weighted by molar-refractivity contribution is 0.394. The fraction of sp³-hybridized carbons (Fsp3) is 0.750. The summed E-state index contributed by atoms with van der Waals surface area (Å²) in [6, 6.07) is 0. The fourth-order valence-electron chi connectivity index (χ4n) is 2.55. The van der Waals surface area contributed by atoms with Crippen LogP contribution in [0.1, 0.15) is 56.0 Å². The summed E-state index contributed by atoms with van der Waals surface area (Å²) >= 11 is 1.82.